The summed E-state index contributed by atoms with van der Waals surface area (Å²) in [5, 5.41) is 6.54. The highest BCUT2D eigenvalue weighted by Crippen LogP contribution is 2.33. The first kappa shape index (κ1) is 16.2. The van der Waals surface area contributed by atoms with Crippen LogP contribution in [0.1, 0.15) is 28.2 Å². The molecule has 8 heteroatoms. The van der Waals surface area contributed by atoms with Gasteiger partial charge in [0.05, 0.1) is 17.9 Å². The number of rotatable bonds is 4. The van der Waals surface area contributed by atoms with Crippen LogP contribution >= 0.6 is 22.7 Å². The van der Waals surface area contributed by atoms with E-state index in [2.05, 4.69) is 15.5 Å². The third-order valence-corrected chi connectivity index (χ3v) is 6.19. The number of hydrogen-bond acceptors (Lipinski definition) is 6. The van der Waals surface area contributed by atoms with Crippen LogP contribution in [0.25, 0.3) is 10.2 Å². The number of hydrogen-bond donors (Lipinski definition) is 1. The van der Waals surface area contributed by atoms with Crippen LogP contribution in [0.4, 0.5) is 0 Å². The molecule has 0 atom stereocenters. The Morgan fingerprint density at radius 1 is 1.40 bits per heavy atom. The molecule has 3 aromatic heterocycles. The van der Waals surface area contributed by atoms with Gasteiger partial charge >= 0.3 is 0 Å². The van der Waals surface area contributed by atoms with Crippen molar-refractivity contribution in [3.05, 3.63) is 49.5 Å². The highest BCUT2D eigenvalue weighted by molar-refractivity contribution is 7.18. The average molecular weight is 372 g/mol. The molecule has 1 aliphatic rings. The van der Waals surface area contributed by atoms with Crippen molar-refractivity contribution in [3.8, 4) is 0 Å². The second-order valence-electron chi connectivity index (χ2n) is 5.88. The van der Waals surface area contributed by atoms with Gasteiger partial charge in [-0.3, -0.25) is 14.2 Å². The number of amides is 1. The Hall–Kier alpha value is -2.32. The van der Waals surface area contributed by atoms with E-state index >= 15 is 0 Å². The molecule has 0 bridgehead atoms. The van der Waals surface area contributed by atoms with Crippen molar-refractivity contribution in [2.24, 2.45) is 5.10 Å². The van der Waals surface area contributed by atoms with Crippen molar-refractivity contribution < 1.29 is 4.79 Å². The fraction of sp³-hybridized carbons (Fsp3) is 0.294. The van der Waals surface area contributed by atoms with Crippen molar-refractivity contribution in [1.29, 1.82) is 0 Å². The van der Waals surface area contributed by atoms with Crippen molar-refractivity contribution in [1.82, 2.24) is 15.0 Å². The summed E-state index contributed by atoms with van der Waals surface area (Å²) in [7, 11) is 0. The predicted octanol–water partition coefficient (Wildman–Crippen LogP) is 2.55. The molecule has 1 aliphatic carbocycles. The summed E-state index contributed by atoms with van der Waals surface area (Å²) in [6, 6.07) is 3.82. The van der Waals surface area contributed by atoms with Gasteiger partial charge in [0.1, 0.15) is 11.4 Å². The third-order valence-electron chi connectivity index (χ3n) is 4.18. The monoisotopic (exact) mass is 372 g/mol. The molecule has 0 aromatic carbocycles. The quantitative estimate of drug-likeness (QED) is 0.565. The number of nitrogens with zero attached hydrogens (tertiary/aromatic N) is 3. The van der Waals surface area contributed by atoms with Gasteiger partial charge in [-0.15, -0.1) is 22.7 Å². The first-order chi connectivity index (χ1) is 12.2. The molecule has 1 amide bonds. The molecular weight excluding hydrogens is 356 g/mol. The van der Waals surface area contributed by atoms with Gasteiger partial charge in [-0.2, -0.15) is 5.10 Å². The normalized spacial score (nSPS) is 14.1. The summed E-state index contributed by atoms with van der Waals surface area (Å²) in [5.41, 5.74) is 3.45. The van der Waals surface area contributed by atoms with E-state index in [1.165, 1.54) is 33.5 Å². The molecular formula is C17H16N4O2S2. The van der Waals surface area contributed by atoms with E-state index in [0.717, 1.165) is 34.5 Å². The lowest BCUT2D eigenvalue weighted by Gasteiger charge is -2.10. The number of aromatic nitrogens is 2. The second kappa shape index (κ2) is 6.89. The second-order valence-corrected chi connectivity index (χ2v) is 7.94. The molecule has 6 nitrogen and oxygen atoms in total. The fourth-order valence-electron chi connectivity index (χ4n) is 3.02. The van der Waals surface area contributed by atoms with Crippen LogP contribution in [0.2, 0.25) is 0 Å². The maximum Gasteiger partial charge on any atom is 0.262 e. The lowest BCUT2D eigenvalue weighted by atomic mass is 9.97. The molecule has 25 heavy (non-hydrogen) atoms. The Kier molecular flexibility index (Phi) is 4.46. The number of carbonyl (C=O) groups is 1. The Labute approximate surface area is 151 Å². The number of fused-ring (bicyclic) bond motifs is 3. The van der Waals surface area contributed by atoms with Crippen molar-refractivity contribution in [3.63, 3.8) is 0 Å². The molecule has 1 N–H and O–H groups in total. The lowest BCUT2D eigenvalue weighted by Crippen LogP contribution is -2.30. The third kappa shape index (κ3) is 3.27. The van der Waals surface area contributed by atoms with Gasteiger partial charge in [-0.1, -0.05) is 6.07 Å². The van der Waals surface area contributed by atoms with Crippen molar-refractivity contribution in [2.45, 2.75) is 32.2 Å². The first-order valence-electron chi connectivity index (χ1n) is 8.07. The Balaban J connectivity index is 1.54. The summed E-state index contributed by atoms with van der Waals surface area (Å²) in [6.07, 6.45) is 7.25. The Morgan fingerprint density at radius 3 is 3.12 bits per heavy atom. The smallest absolute Gasteiger partial charge is 0.262 e. The summed E-state index contributed by atoms with van der Waals surface area (Å²) in [5.74, 6) is -0.347. The summed E-state index contributed by atoms with van der Waals surface area (Å²) >= 11 is 3.14. The lowest BCUT2D eigenvalue weighted by molar-refractivity contribution is -0.121. The minimum atomic E-state index is -0.347. The van der Waals surface area contributed by atoms with Crippen LogP contribution in [0.3, 0.4) is 0 Å². The van der Waals surface area contributed by atoms with Crippen LogP contribution < -0.4 is 11.0 Å². The van der Waals surface area contributed by atoms with E-state index in [-0.39, 0.29) is 18.0 Å². The zero-order valence-corrected chi connectivity index (χ0v) is 15.0. The maximum atomic E-state index is 12.8. The first-order valence-corrected chi connectivity index (χ1v) is 9.77. The van der Waals surface area contributed by atoms with E-state index in [1.807, 2.05) is 17.5 Å². The van der Waals surface area contributed by atoms with Gasteiger partial charge in [0, 0.05) is 9.75 Å². The predicted molar refractivity (Wildman–Crippen MR) is 101 cm³/mol. The van der Waals surface area contributed by atoms with Crippen LogP contribution in [-0.4, -0.2) is 21.7 Å². The van der Waals surface area contributed by atoms with E-state index in [9.17, 15) is 9.59 Å². The SMILES string of the molecule is O=C(Cn1cnc2sc3c(c2c1=O)CCCC3)N/N=C\c1cccs1. The molecule has 4 rings (SSSR count). The molecule has 0 spiro atoms. The van der Waals surface area contributed by atoms with Gasteiger partial charge in [-0.25, -0.2) is 10.4 Å². The van der Waals surface area contributed by atoms with E-state index < -0.39 is 0 Å². The van der Waals surface area contributed by atoms with Gasteiger partial charge in [-0.05, 0) is 42.7 Å². The van der Waals surface area contributed by atoms with Crippen LogP contribution in [-0.2, 0) is 24.2 Å². The van der Waals surface area contributed by atoms with Crippen LogP contribution in [0.15, 0.2) is 33.7 Å². The minimum Gasteiger partial charge on any atom is -0.289 e. The topological polar surface area (TPSA) is 76.3 Å². The van der Waals surface area contributed by atoms with Gasteiger partial charge in [0.25, 0.3) is 11.5 Å². The molecule has 0 fully saturated rings. The molecule has 0 saturated heterocycles. The highest BCUT2D eigenvalue weighted by Gasteiger charge is 2.20. The number of aryl methyl sites for hydroxylation is 2. The van der Waals surface area contributed by atoms with Crippen LogP contribution in [0, 0.1) is 0 Å². The fourth-order valence-corrected chi connectivity index (χ4v) is 4.82. The van der Waals surface area contributed by atoms with Gasteiger partial charge < -0.3 is 0 Å². The van der Waals surface area contributed by atoms with Gasteiger partial charge in [0.2, 0.25) is 0 Å². The summed E-state index contributed by atoms with van der Waals surface area (Å²) < 4.78 is 1.36. The van der Waals surface area contributed by atoms with E-state index in [1.54, 1.807) is 17.6 Å². The zero-order chi connectivity index (χ0) is 17.2. The van der Waals surface area contributed by atoms with Crippen LogP contribution in [0.5, 0.6) is 0 Å². The Morgan fingerprint density at radius 2 is 2.28 bits per heavy atom. The molecule has 3 aromatic rings. The number of thiophene rings is 2. The summed E-state index contributed by atoms with van der Waals surface area (Å²) in [4.78, 5) is 32.2. The molecule has 0 saturated carbocycles. The summed E-state index contributed by atoms with van der Waals surface area (Å²) in [6.45, 7) is -0.0891. The van der Waals surface area contributed by atoms with E-state index in [0.29, 0.717) is 5.39 Å². The zero-order valence-electron chi connectivity index (χ0n) is 13.4. The molecule has 3 heterocycles. The largest absolute Gasteiger partial charge is 0.289 e. The molecule has 0 unspecified atom stereocenters. The average Bonchev–Trinajstić information content (AvgIpc) is 3.24. The molecule has 128 valence electrons. The Bertz CT molecular complexity index is 1000. The molecule has 0 radical (unpaired) electrons. The van der Waals surface area contributed by atoms with E-state index in [4.69, 9.17) is 0 Å². The number of hydrazone groups is 1. The minimum absolute atomic E-state index is 0.0891. The standard InChI is InChI=1S/C17H16N4O2S2/c22-14(20-19-8-11-4-3-7-24-11)9-21-10-18-16-15(17(21)23)12-5-1-2-6-13(12)25-16/h3-4,7-8,10H,1-2,5-6,9H2,(H,20,22)/b19-8-. The maximum absolute atomic E-state index is 12.8. The number of carbonyl (C=O) groups excluding carboxylic acids is 1. The van der Waals surface area contributed by atoms with Crippen molar-refractivity contribution >= 4 is 45.0 Å². The number of nitrogens with one attached hydrogen (secondary N) is 1. The van der Waals surface area contributed by atoms with Crippen molar-refractivity contribution in [2.75, 3.05) is 0 Å². The van der Waals surface area contributed by atoms with Gasteiger partial charge in [0.15, 0.2) is 0 Å². The molecule has 0 aliphatic heterocycles. The highest BCUT2D eigenvalue weighted by atomic mass is 32.1.